The molecule has 5 rings (SSSR count). The molecule has 2 fully saturated rings. The number of fused-ring (bicyclic) bond motifs is 4. The van der Waals surface area contributed by atoms with Gasteiger partial charge in [-0.05, 0) is 56.4 Å². The average Bonchev–Trinajstić information content (AvgIpc) is 2.78. The standard InChI is InChI=1S/C24H24N4O5/c1-14-6-8-18(15(2)11-14)27-22(30)24(21(29)25-23(27)31)13-16-12-17(28(32)33)7-9-19(16)26-10-4-3-5-20(24)26/h6-9,11-12,20H,3-5,10,13H2,1-2H3,(H,25,29,31). The predicted molar refractivity (Wildman–Crippen MR) is 121 cm³/mol. The summed E-state index contributed by atoms with van der Waals surface area (Å²) in [6.45, 7) is 4.37. The van der Waals surface area contributed by atoms with Crippen LogP contribution in [0.4, 0.5) is 21.9 Å². The van der Waals surface area contributed by atoms with E-state index in [9.17, 15) is 24.5 Å². The van der Waals surface area contributed by atoms with E-state index in [0.29, 0.717) is 24.2 Å². The number of carbonyl (C=O) groups excluding carboxylic acids is 3. The zero-order chi connectivity index (χ0) is 23.5. The van der Waals surface area contributed by atoms with Gasteiger partial charge in [-0.3, -0.25) is 25.0 Å². The lowest BCUT2D eigenvalue weighted by Gasteiger charge is -2.53. The van der Waals surface area contributed by atoms with Gasteiger partial charge in [0.1, 0.15) is 0 Å². The fraction of sp³-hybridized carbons (Fsp3) is 0.375. The van der Waals surface area contributed by atoms with Crippen molar-refractivity contribution in [1.82, 2.24) is 5.32 Å². The van der Waals surface area contributed by atoms with Gasteiger partial charge < -0.3 is 4.90 Å². The van der Waals surface area contributed by atoms with Crippen molar-refractivity contribution < 1.29 is 19.3 Å². The number of benzene rings is 2. The number of nitro groups is 1. The third kappa shape index (κ3) is 3.02. The predicted octanol–water partition coefficient (Wildman–Crippen LogP) is 3.40. The van der Waals surface area contributed by atoms with Crippen LogP contribution in [0.1, 0.15) is 36.0 Å². The number of imide groups is 2. The Balaban J connectivity index is 1.68. The number of rotatable bonds is 2. The molecule has 33 heavy (non-hydrogen) atoms. The Kier molecular flexibility index (Phi) is 4.73. The summed E-state index contributed by atoms with van der Waals surface area (Å²) in [7, 11) is 0. The second kappa shape index (κ2) is 7.40. The van der Waals surface area contributed by atoms with Crippen LogP contribution in [0.2, 0.25) is 0 Å². The van der Waals surface area contributed by atoms with Gasteiger partial charge in [0, 0.05) is 30.8 Å². The third-order valence-electron chi connectivity index (χ3n) is 7.13. The van der Waals surface area contributed by atoms with E-state index < -0.39 is 34.2 Å². The number of amides is 4. The van der Waals surface area contributed by atoms with Gasteiger partial charge in [0.25, 0.3) is 11.6 Å². The molecule has 0 radical (unpaired) electrons. The lowest BCUT2D eigenvalue weighted by molar-refractivity contribution is -0.384. The van der Waals surface area contributed by atoms with E-state index in [2.05, 4.69) is 5.32 Å². The summed E-state index contributed by atoms with van der Waals surface area (Å²) in [6, 6.07) is 8.81. The lowest BCUT2D eigenvalue weighted by atomic mass is 9.66. The van der Waals surface area contributed by atoms with E-state index in [0.717, 1.165) is 34.6 Å². The summed E-state index contributed by atoms with van der Waals surface area (Å²) in [5.74, 6) is -1.20. The van der Waals surface area contributed by atoms with Crippen LogP contribution in [0, 0.1) is 29.4 Å². The van der Waals surface area contributed by atoms with Crippen LogP contribution in [0.5, 0.6) is 0 Å². The van der Waals surface area contributed by atoms with Crippen LogP contribution in [-0.2, 0) is 16.0 Å². The second-order valence-corrected chi connectivity index (χ2v) is 9.11. The third-order valence-corrected chi connectivity index (χ3v) is 7.13. The Labute approximate surface area is 190 Å². The summed E-state index contributed by atoms with van der Waals surface area (Å²) in [5.41, 5.74) is 1.91. The number of urea groups is 1. The summed E-state index contributed by atoms with van der Waals surface area (Å²) in [5, 5.41) is 13.8. The Morgan fingerprint density at radius 3 is 2.55 bits per heavy atom. The molecule has 2 saturated heterocycles. The molecule has 4 amide bonds. The van der Waals surface area contributed by atoms with E-state index >= 15 is 0 Å². The first-order chi connectivity index (χ1) is 15.7. The molecular weight excluding hydrogens is 424 g/mol. The molecule has 9 nitrogen and oxygen atoms in total. The normalized spacial score (nSPS) is 24.4. The Morgan fingerprint density at radius 1 is 1.06 bits per heavy atom. The zero-order valence-corrected chi connectivity index (χ0v) is 18.5. The maximum atomic E-state index is 14.1. The number of nitro benzene ring substituents is 1. The lowest BCUT2D eigenvalue weighted by Crippen LogP contribution is -2.73. The van der Waals surface area contributed by atoms with Crippen molar-refractivity contribution in [2.75, 3.05) is 16.3 Å². The molecule has 0 saturated carbocycles. The van der Waals surface area contributed by atoms with Crippen LogP contribution in [0.15, 0.2) is 36.4 Å². The number of aryl methyl sites for hydroxylation is 2. The van der Waals surface area contributed by atoms with Gasteiger partial charge >= 0.3 is 6.03 Å². The molecule has 1 N–H and O–H groups in total. The van der Waals surface area contributed by atoms with Gasteiger partial charge in [-0.25, -0.2) is 9.69 Å². The molecule has 1 spiro atoms. The highest BCUT2D eigenvalue weighted by Crippen LogP contribution is 2.49. The molecule has 170 valence electrons. The minimum Gasteiger partial charge on any atom is -0.367 e. The van der Waals surface area contributed by atoms with Gasteiger partial charge in [0.2, 0.25) is 5.91 Å². The van der Waals surface area contributed by atoms with Gasteiger partial charge in [-0.1, -0.05) is 17.7 Å². The number of carbonyl (C=O) groups is 3. The minimum atomic E-state index is -1.55. The SMILES string of the molecule is Cc1ccc(N2C(=O)NC(=O)C3(Cc4cc([N+](=O)[O-])ccc4N4CCCCC43)C2=O)c(C)c1. The minimum absolute atomic E-state index is 0.00450. The van der Waals surface area contributed by atoms with E-state index in [-0.39, 0.29) is 12.1 Å². The van der Waals surface area contributed by atoms with Crippen molar-refractivity contribution in [3.63, 3.8) is 0 Å². The van der Waals surface area contributed by atoms with Gasteiger partial charge in [0.15, 0.2) is 5.41 Å². The molecule has 2 aromatic carbocycles. The van der Waals surface area contributed by atoms with E-state index in [1.54, 1.807) is 12.1 Å². The Hall–Kier alpha value is -3.75. The molecular formula is C24H24N4O5. The summed E-state index contributed by atoms with van der Waals surface area (Å²) >= 11 is 0. The van der Waals surface area contributed by atoms with Gasteiger partial charge in [0.05, 0.1) is 16.7 Å². The second-order valence-electron chi connectivity index (χ2n) is 9.11. The summed E-state index contributed by atoms with van der Waals surface area (Å²) in [6.07, 6.45) is 2.36. The molecule has 9 heteroatoms. The number of barbiturate groups is 1. The number of nitrogens with zero attached hydrogens (tertiary/aromatic N) is 3. The van der Waals surface area contributed by atoms with Gasteiger partial charge in [-0.2, -0.15) is 0 Å². The molecule has 2 unspecified atom stereocenters. The first-order valence-corrected chi connectivity index (χ1v) is 11.1. The molecule has 2 atom stereocenters. The highest BCUT2D eigenvalue weighted by molar-refractivity contribution is 6.31. The highest BCUT2D eigenvalue weighted by Gasteiger charge is 2.62. The smallest absolute Gasteiger partial charge is 0.335 e. The van der Waals surface area contributed by atoms with Crippen molar-refractivity contribution in [2.45, 2.75) is 45.6 Å². The van der Waals surface area contributed by atoms with Crippen molar-refractivity contribution >= 4 is 34.9 Å². The van der Waals surface area contributed by atoms with Crippen LogP contribution in [0.3, 0.4) is 0 Å². The Morgan fingerprint density at radius 2 is 1.82 bits per heavy atom. The van der Waals surface area contributed by atoms with Gasteiger partial charge in [-0.15, -0.1) is 0 Å². The molecule has 2 aromatic rings. The summed E-state index contributed by atoms with van der Waals surface area (Å²) in [4.78, 5) is 54.5. The number of hydrogen-bond donors (Lipinski definition) is 1. The highest BCUT2D eigenvalue weighted by atomic mass is 16.6. The molecule has 3 aliphatic rings. The van der Waals surface area contributed by atoms with E-state index in [4.69, 9.17) is 0 Å². The van der Waals surface area contributed by atoms with Crippen molar-refractivity contribution in [3.8, 4) is 0 Å². The van der Waals surface area contributed by atoms with E-state index in [1.165, 1.54) is 12.1 Å². The monoisotopic (exact) mass is 448 g/mol. The number of anilines is 2. The zero-order valence-electron chi connectivity index (χ0n) is 18.5. The molecule has 3 aliphatic heterocycles. The first kappa shape index (κ1) is 21.1. The van der Waals surface area contributed by atoms with Crippen LogP contribution in [-0.4, -0.2) is 35.4 Å². The van der Waals surface area contributed by atoms with Crippen LogP contribution >= 0.6 is 0 Å². The molecule has 0 aliphatic carbocycles. The van der Waals surface area contributed by atoms with Crippen molar-refractivity contribution in [1.29, 1.82) is 0 Å². The van der Waals surface area contributed by atoms with Crippen molar-refractivity contribution in [3.05, 3.63) is 63.2 Å². The fourth-order valence-corrected chi connectivity index (χ4v) is 5.64. The number of nitrogens with one attached hydrogen (secondary N) is 1. The average molecular weight is 448 g/mol. The quantitative estimate of drug-likeness (QED) is 0.428. The fourth-order valence-electron chi connectivity index (χ4n) is 5.64. The number of hydrogen-bond acceptors (Lipinski definition) is 6. The Bertz CT molecular complexity index is 1230. The van der Waals surface area contributed by atoms with Crippen molar-refractivity contribution in [2.24, 2.45) is 5.41 Å². The topological polar surface area (TPSA) is 113 Å². The number of non-ortho nitro benzene ring substituents is 1. The molecule has 0 bridgehead atoms. The van der Waals surface area contributed by atoms with E-state index in [1.807, 2.05) is 30.9 Å². The van der Waals surface area contributed by atoms with Crippen LogP contribution in [0.25, 0.3) is 0 Å². The first-order valence-electron chi connectivity index (χ1n) is 11.1. The molecule has 0 aromatic heterocycles. The maximum absolute atomic E-state index is 14.1. The summed E-state index contributed by atoms with van der Waals surface area (Å²) < 4.78 is 0. The number of piperidine rings is 1. The largest absolute Gasteiger partial charge is 0.367 e. The molecule has 3 heterocycles. The van der Waals surface area contributed by atoms with Crippen LogP contribution < -0.4 is 15.1 Å². The maximum Gasteiger partial charge on any atom is 0.335 e.